The summed E-state index contributed by atoms with van der Waals surface area (Å²) in [5.74, 6) is 1.88. The molecule has 0 unspecified atom stereocenters. The van der Waals surface area contributed by atoms with Crippen LogP contribution in [0.25, 0.3) is 0 Å². The molecule has 1 aliphatic heterocycles. The van der Waals surface area contributed by atoms with Crippen molar-refractivity contribution in [2.45, 2.75) is 46.1 Å². The molecule has 5 heteroatoms. The monoisotopic (exact) mass is 424 g/mol. The molecule has 0 radical (unpaired) electrons. The second kappa shape index (κ2) is 11.8. The minimum Gasteiger partial charge on any atom is -0.493 e. The Bertz CT molecular complexity index is 844. The summed E-state index contributed by atoms with van der Waals surface area (Å²) in [6.45, 7) is 8.36. The smallest absolute Gasteiger partial charge is 0.223 e. The van der Waals surface area contributed by atoms with Gasteiger partial charge in [-0.15, -0.1) is 0 Å². The number of hydrogen-bond acceptors (Lipinski definition) is 4. The van der Waals surface area contributed by atoms with Gasteiger partial charge in [-0.25, -0.2) is 0 Å². The zero-order valence-electron chi connectivity index (χ0n) is 19.2. The van der Waals surface area contributed by atoms with Gasteiger partial charge < -0.3 is 14.8 Å². The molecule has 2 aromatic carbocycles. The molecule has 0 saturated carbocycles. The normalized spacial score (nSPS) is 14.9. The lowest BCUT2D eigenvalue weighted by Crippen LogP contribution is -2.40. The molecule has 1 saturated heterocycles. The highest BCUT2D eigenvalue weighted by molar-refractivity contribution is 5.78. The fourth-order valence-electron chi connectivity index (χ4n) is 4.21. The Kier molecular flexibility index (Phi) is 8.77. The molecule has 31 heavy (non-hydrogen) atoms. The lowest BCUT2D eigenvalue weighted by molar-refractivity contribution is -0.126. The van der Waals surface area contributed by atoms with Gasteiger partial charge in [-0.1, -0.05) is 35.9 Å². The van der Waals surface area contributed by atoms with Crippen molar-refractivity contribution in [2.24, 2.45) is 5.92 Å². The highest BCUT2D eigenvalue weighted by Crippen LogP contribution is 2.28. The molecule has 5 nitrogen and oxygen atoms in total. The van der Waals surface area contributed by atoms with Crippen molar-refractivity contribution in [3.63, 3.8) is 0 Å². The third kappa shape index (κ3) is 7.00. The van der Waals surface area contributed by atoms with E-state index in [4.69, 9.17) is 9.47 Å². The van der Waals surface area contributed by atoms with Gasteiger partial charge in [0, 0.05) is 19.0 Å². The third-order valence-electron chi connectivity index (χ3n) is 5.92. The van der Waals surface area contributed by atoms with Crippen LogP contribution in [0.1, 0.15) is 42.9 Å². The highest BCUT2D eigenvalue weighted by atomic mass is 16.5. The molecule has 0 atom stereocenters. The summed E-state index contributed by atoms with van der Waals surface area (Å²) in [7, 11) is 1.66. The summed E-state index contributed by atoms with van der Waals surface area (Å²) < 4.78 is 11.0. The lowest BCUT2D eigenvalue weighted by Gasteiger charge is -2.31. The molecular formula is C26H36N2O3. The minimum atomic E-state index is 0.138. The van der Waals surface area contributed by atoms with E-state index in [1.54, 1.807) is 7.11 Å². The number of likely N-dealkylation sites (tertiary alicyclic amines) is 1. The Labute approximate surface area is 186 Å². The number of aryl methyl sites for hydroxylation is 2. The number of carbonyl (C=O) groups excluding carboxylic acids is 1. The number of rotatable bonds is 10. The summed E-state index contributed by atoms with van der Waals surface area (Å²) in [5, 5.41) is 3.14. The largest absolute Gasteiger partial charge is 0.493 e. The number of methoxy groups -OCH3 is 1. The Morgan fingerprint density at radius 2 is 1.90 bits per heavy atom. The molecule has 1 aliphatic rings. The van der Waals surface area contributed by atoms with E-state index in [2.05, 4.69) is 47.5 Å². The number of hydrogen-bond donors (Lipinski definition) is 1. The van der Waals surface area contributed by atoms with Crippen LogP contribution in [0.3, 0.4) is 0 Å². The molecule has 0 aliphatic carbocycles. The van der Waals surface area contributed by atoms with Crippen molar-refractivity contribution in [2.75, 3.05) is 33.4 Å². The molecular weight excluding hydrogens is 388 g/mol. The molecule has 2 aromatic rings. The second-order valence-electron chi connectivity index (χ2n) is 8.35. The zero-order chi connectivity index (χ0) is 22.1. The Morgan fingerprint density at radius 1 is 1.10 bits per heavy atom. The molecule has 3 rings (SSSR count). The van der Waals surface area contributed by atoms with E-state index in [9.17, 15) is 4.79 Å². The standard InChI is InChI=1S/C26H36N2O3/c1-4-31-24-11-10-21(18-25(24)30-3)9-6-14-27-26(29)23-12-15-28(16-13-23)19-22-8-5-7-20(2)17-22/h5,7-8,10-11,17-18,23H,4,6,9,12-16,19H2,1-3H3,(H,27,29). The molecule has 1 heterocycles. The van der Waals surface area contributed by atoms with Crippen LogP contribution in [0.5, 0.6) is 11.5 Å². The molecule has 1 fully saturated rings. The SMILES string of the molecule is CCOc1ccc(CCCNC(=O)C2CCN(Cc3cccc(C)c3)CC2)cc1OC. The maximum absolute atomic E-state index is 12.6. The van der Waals surface area contributed by atoms with E-state index < -0.39 is 0 Å². The second-order valence-corrected chi connectivity index (χ2v) is 8.35. The molecule has 0 bridgehead atoms. The summed E-state index contributed by atoms with van der Waals surface area (Å²) in [6.07, 6.45) is 3.69. The van der Waals surface area contributed by atoms with Gasteiger partial charge in [-0.05, 0) is 75.9 Å². The summed E-state index contributed by atoms with van der Waals surface area (Å²) in [5.41, 5.74) is 3.85. The van der Waals surface area contributed by atoms with Crippen molar-refractivity contribution >= 4 is 5.91 Å². The first kappa shape index (κ1) is 23.1. The van der Waals surface area contributed by atoms with Crippen molar-refractivity contribution in [1.82, 2.24) is 10.2 Å². The van der Waals surface area contributed by atoms with E-state index in [1.807, 2.05) is 19.1 Å². The first-order valence-corrected chi connectivity index (χ1v) is 11.4. The fourth-order valence-corrected chi connectivity index (χ4v) is 4.21. The van der Waals surface area contributed by atoms with E-state index in [1.165, 1.54) is 16.7 Å². The van der Waals surface area contributed by atoms with Crippen LogP contribution in [0.2, 0.25) is 0 Å². The fraction of sp³-hybridized carbons (Fsp3) is 0.500. The predicted molar refractivity (Wildman–Crippen MR) is 125 cm³/mol. The average molecular weight is 425 g/mol. The van der Waals surface area contributed by atoms with E-state index in [0.29, 0.717) is 13.2 Å². The van der Waals surface area contributed by atoms with Gasteiger partial charge in [-0.2, -0.15) is 0 Å². The number of piperidine rings is 1. The molecule has 0 aromatic heterocycles. The van der Waals surface area contributed by atoms with Crippen LogP contribution in [-0.2, 0) is 17.8 Å². The van der Waals surface area contributed by atoms with Crippen LogP contribution < -0.4 is 14.8 Å². The quantitative estimate of drug-likeness (QED) is 0.576. The van der Waals surface area contributed by atoms with Gasteiger partial charge in [0.15, 0.2) is 11.5 Å². The molecule has 0 spiro atoms. The number of ether oxygens (including phenoxy) is 2. The van der Waals surface area contributed by atoms with E-state index in [-0.39, 0.29) is 11.8 Å². The number of amides is 1. The van der Waals surface area contributed by atoms with Crippen LogP contribution in [0, 0.1) is 12.8 Å². The molecule has 1 N–H and O–H groups in total. The summed E-state index contributed by atoms with van der Waals surface area (Å²) in [4.78, 5) is 15.0. The van der Waals surface area contributed by atoms with Crippen molar-refractivity contribution in [1.29, 1.82) is 0 Å². The number of carbonyl (C=O) groups is 1. The third-order valence-corrected chi connectivity index (χ3v) is 5.92. The highest BCUT2D eigenvalue weighted by Gasteiger charge is 2.24. The van der Waals surface area contributed by atoms with E-state index >= 15 is 0 Å². The Balaban J connectivity index is 1.36. The average Bonchev–Trinajstić information content (AvgIpc) is 2.78. The number of nitrogens with zero attached hydrogens (tertiary/aromatic N) is 1. The van der Waals surface area contributed by atoms with Crippen molar-refractivity contribution < 1.29 is 14.3 Å². The van der Waals surface area contributed by atoms with Gasteiger partial charge in [-0.3, -0.25) is 9.69 Å². The zero-order valence-corrected chi connectivity index (χ0v) is 19.2. The molecule has 168 valence electrons. The first-order chi connectivity index (χ1) is 15.1. The number of nitrogens with one attached hydrogen (secondary N) is 1. The van der Waals surface area contributed by atoms with Gasteiger partial charge >= 0.3 is 0 Å². The Morgan fingerprint density at radius 3 is 2.61 bits per heavy atom. The van der Waals surface area contributed by atoms with Gasteiger partial charge in [0.1, 0.15) is 0 Å². The van der Waals surface area contributed by atoms with Gasteiger partial charge in [0.25, 0.3) is 0 Å². The van der Waals surface area contributed by atoms with Gasteiger partial charge in [0.05, 0.1) is 13.7 Å². The topological polar surface area (TPSA) is 50.8 Å². The van der Waals surface area contributed by atoms with Crippen LogP contribution in [-0.4, -0.2) is 44.2 Å². The maximum Gasteiger partial charge on any atom is 0.223 e. The van der Waals surface area contributed by atoms with Crippen LogP contribution >= 0.6 is 0 Å². The summed E-state index contributed by atoms with van der Waals surface area (Å²) in [6, 6.07) is 14.7. The minimum absolute atomic E-state index is 0.138. The molecule has 1 amide bonds. The summed E-state index contributed by atoms with van der Waals surface area (Å²) >= 11 is 0. The van der Waals surface area contributed by atoms with Crippen LogP contribution in [0.15, 0.2) is 42.5 Å². The van der Waals surface area contributed by atoms with E-state index in [0.717, 1.165) is 56.8 Å². The van der Waals surface area contributed by atoms with Crippen molar-refractivity contribution in [3.05, 3.63) is 59.2 Å². The Hall–Kier alpha value is -2.53. The lowest BCUT2D eigenvalue weighted by atomic mass is 9.95. The van der Waals surface area contributed by atoms with Gasteiger partial charge in [0.2, 0.25) is 5.91 Å². The first-order valence-electron chi connectivity index (χ1n) is 11.4. The predicted octanol–water partition coefficient (Wildman–Crippen LogP) is 4.36. The van der Waals surface area contributed by atoms with Crippen molar-refractivity contribution in [3.8, 4) is 11.5 Å². The maximum atomic E-state index is 12.6. The van der Waals surface area contributed by atoms with Crippen LogP contribution in [0.4, 0.5) is 0 Å². The number of benzene rings is 2.